The largest absolute Gasteiger partial charge is 0.350 e. The highest BCUT2D eigenvalue weighted by Gasteiger charge is 2.28. The monoisotopic (exact) mass is 346 g/mol. The first kappa shape index (κ1) is 16.7. The molecule has 0 spiro atoms. The van der Waals surface area contributed by atoms with Crippen LogP contribution in [0.3, 0.4) is 0 Å². The van der Waals surface area contributed by atoms with Crippen LogP contribution in [0.15, 0.2) is 30.3 Å². The summed E-state index contributed by atoms with van der Waals surface area (Å²) in [6, 6.07) is 9.86. The Hall–Kier alpha value is -2.15. The fourth-order valence-electron chi connectivity index (χ4n) is 2.88. The number of hydrogen-bond acceptors (Lipinski definition) is 6. The summed E-state index contributed by atoms with van der Waals surface area (Å²) in [7, 11) is -2.93. The average Bonchev–Trinajstić information content (AvgIpc) is 2.86. The van der Waals surface area contributed by atoms with Crippen LogP contribution in [0.1, 0.15) is 24.6 Å². The van der Waals surface area contributed by atoms with Gasteiger partial charge >= 0.3 is 0 Å². The maximum Gasteiger partial charge on any atom is 0.225 e. The highest BCUT2D eigenvalue weighted by molar-refractivity contribution is 7.91. The first-order chi connectivity index (χ1) is 11.4. The van der Waals surface area contributed by atoms with Gasteiger partial charge in [-0.05, 0) is 31.4 Å². The summed E-state index contributed by atoms with van der Waals surface area (Å²) in [6.45, 7) is 4.01. The Morgan fingerprint density at radius 1 is 1.25 bits per heavy atom. The van der Waals surface area contributed by atoms with E-state index >= 15 is 0 Å². The molecule has 2 N–H and O–H groups in total. The standard InChI is InChI=1S/C17H22N4O2S/c1-3-13-6-4-5-7-15(13)20-16-10-12(2)18-17(21-16)19-14-8-9-24(22,23)11-14/h4-7,10,14H,3,8-9,11H2,1-2H3,(H2,18,19,20,21). The Morgan fingerprint density at radius 2 is 2.04 bits per heavy atom. The van der Waals surface area contributed by atoms with Crippen molar-refractivity contribution in [2.45, 2.75) is 32.7 Å². The molecule has 1 saturated heterocycles. The number of aromatic nitrogens is 2. The molecule has 24 heavy (non-hydrogen) atoms. The SMILES string of the molecule is CCc1ccccc1Nc1cc(C)nc(NC2CCS(=O)(=O)C2)n1. The molecular formula is C17H22N4O2S. The first-order valence-corrected chi connectivity index (χ1v) is 9.95. The minimum Gasteiger partial charge on any atom is -0.350 e. The molecule has 0 amide bonds. The van der Waals surface area contributed by atoms with E-state index in [4.69, 9.17) is 0 Å². The van der Waals surface area contributed by atoms with E-state index in [2.05, 4.69) is 33.6 Å². The Kier molecular flexibility index (Phi) is 4.71. The number of aryl methyl sites for hydroxylation is 2. The molecule has 3 rings (SSSR count). The summed E-state index contributed by atoms with van der Waals surface area (Å²) >= 11 is 0. The first-order valence-electron chi connectivity index (χ1n) is 8.13. The van der Waals surface area contributed by atoms with Gasteiger partial charge in [0.25, 0.3) is 0 Å². The number of nitrogens with one attached hydrogen (secondary N) is 2. The lowest BCUT2D eigenvalue weighted by molar-refractivity contribution is 0.602. The fraction of sp³-hybridized carbons (Fsp3) is 0.412. The van der Waals surface area contributed by atoms with Gasteiger partial charge in [-0.1, -0.05) is 25.1 Å². The van der Waals surface area contributed by atoms with Crippen molar-refractivity contribution in [1.29, 1.82) is 0 Å². The van der Waals surface area contributed by atoms with Gasteiger partial charge in [0.2, 0.25) is 5.95 Å². The molecular weight excluding hydrogens is 324 g/mol. The number of anilines is 3. The molecule has 1 fully saturated rings. The second kappa shape index (κ2) is 6.76. The quantitative estimate of drug-likeness (QED) is 0.866. The number of hydrogen-bond donors (Lipinski definition) is 2. The van der Waals surface area contributed by atoms with Gasteiger partial charge < -0.3 is 10.6 Å². The smallest absolute Gasteiger partial charge is 0.225 e. The summed E-state index contributed by atoms with van der Waals surface area (Å²) in [5, 5.41) is 6.49. The van der Waals surface area contributed by atoms with Crippen LogP contribution in [0.4, 0.5) is 17.5 Å². The van der Waals surface area contributed by atoms with E-state index in [1.165, 1.54) is 5.56 Å². The van der Waals surface area contributed by atoms with Crippen LogP contribution < -0.4 is 10.6 Å². The third-order valence-electron chi connectivity index (χ3n) is 4.08. The topological polar surface area (TPSA) is 84.0 Å². The van der Waals surface area contributed by atoms with Crippen molar-refractivity contribution < 1.29 is 8.42 Å². The number of benzene rings is 1. The van der Waals surface area contributed by atoms with Crippen LogP contribution in [0, 0.1) is 6.92 Å². The van der Waals surface area contributed by atoms with Crippen LogP contribution in [0.2, 0.25) is 0 Å². The average molecular weight is 346 g/mol. The predicted octanol–water partition coefficient (Wildman–Crippen LogP) is 2.69. The molecule has 0 radical (unpaired) electrons. The van der Waals surface area contributed by atoms with Gasteiger partial charge in [0.15, 0.2) is 9.84 Å². The molecule has 6 nitrogen and oxygen atoms in total. The van der Waals surface area contributed by atoms with Crippen molar-refractivity contribution in [3.05, 3.63) is 41.6 Å². The van der Waals surface area contributed by atoms with Crippen molar-refractivity contribution in [1.82, 2.24) is 9.97 Å². The van der Waals surface area contributed by atoms with Crippen molar-refractivity contribution in [3.63, 3.8) is 0 Å². The number of sulfone groups is 1. The van der Waals surface area contributed by atoms with E-state index in [0.717, 1.165) is 17.8 Å². The molecule has 1 aliphatic rings. The molecule has 2 heterocycles. The zero-order chi connectivity index (χ0) is 17.2. The highest BCUT2D eigenvalue weighted by Crippen LogP contribution is 2.22. The Balaban J connectivity index is 1.79. The van der Waals surface area contributed by atoms with Crippen molar-refractivity contribution >= 4 is 27.3 Å². The molecule has 2 aromatic rings. The van der Waals surface area contributed by atoms with Crippen LogP contribution in [-0.2, 0) is 16.3 Å². The molecule has 1 aliphatic heterocycles. The second-order valence-corrected chi connectivity index (χ2v) is 8.33. The van der Waals surface area contributed by atoms with Gasteiger partial charge in [0.1, 0.15) is 5.82 Å². The van der Waals surface area contributed by atoms with Gasteiger partial charge in [-0.2, -0.15) is 4.98 Å². The van der Waals surface area contributed by atoms with E-state index < -0.39 is 9.84 Å². The molecule has 0 bridgehead atoms. The van der Waals surface area contributed by atoms with Gasteiger partial charge in [-0.25, -0.2) is 13.4 Å². The number of rotatable bonds is 5. The molecule has 0 saturated carbocycles. The Bertz CT molecular complexity index is 836. The van der Waals surface area contributed by atoms with Crippen molar-refractivity contribution in [2.24, 2.45) is 0 Å². The predicted molar refractivity (Wildman–Crippen MR) is 96.6 cm³/mol. The third kappa shape index (κ3) is 4.03. The Labute approximate surface area is 142 Å². The molecule has 128 valence electrons. The Morgan fingerprint density at radius 3 is 2.75 bits per heavy atom. The zero-order valence-corrected chi connectivity index (χ0v) is 14.7. The molecule has 1 atom stereocenters. The molecule has 1 aromatic heterocycles. The fourth-order valence-corrected chi connectivity index (χ4v) is 4.55. The third-order valence-corrected chi connectivity index (χ3v) is 5.85. The summed E-state index contributed by atoms with van der Waals surface area (Å²) in [5.74, 6) is 1.54. The second-order valence-electron chi connectivity index (χ2n) is 6.10. The summed E-state index contributed by atoms with van der Waals surface area (Å²) in [5.41, 5.74) is 3.06. The van der Waals surface area contributed by atoms with Crippen molar-refractivity contribution in [3.8, 4) is 0 Å². The maximum atomic E-state index is 11.6. The lowest BCUT2D eigenvalue weighted by Gasteiger charge is -2.14. The van der Waals surface area contributed by atoms with Gasteiger partial charge in [-0.3, -0.25) is 0 Å². The highest BCUT2D eigenvalue weighted by atomic mass is 32.2. The minimum absolute atomic E-state index is 0.118. The van der Waals surface area contributed by atoms with Gasteiger partial charge in [0, 0.05) is 23.5 Å². The summed E-state index contributed by atoms with van der Waals surface area (Å²) < 4.78 is 23.2. The minimum atomic E-state index is -2.93. The summed E-state index contributed by atoms with van der Waals surface area (Å²) in [6.07, 6.45) is 1.53. The number of para-hydroxylation sites is 1. The maximum absolute atomic E-state index is 11.6. The van der Waals surface area contributed by atoms with Crippen molar-refractivity contribution in [2.75, 3.05) is 22.1 Å². The molecule has 1 unspecified atom stereocenters. The van der Waals surface area contributed by atoms with E-state index in [-0.39, 0.29) is 17.5 Å². The van der Waals surface area contributed by atoms with Crippen LogP contribution >= 0.6 is 0 Å². The van der Waals surface area contributed by atoms with E-state index in [0.29, 0.717) is 18.2 Å². The number of nitrogens with zero attached hydrogens (tertiary/aromatic N) is 2. The van der Waals surface area contributed by atoms with Crippen LogP contribution in [-0.4, -0.2) is 35.9 Å². The van der Waals surface area contributed by atoms with Crippen LogP contribution in [0.25, 0.3) is 0 Å². The lowest BCUT2D eigenvalue weighted by atomic mass is 10.1. The van der Waals surface area contributed by atoms with E-state index in [1.807, 2.05) is 31.2 Å². The summed E-state index contributed by atoms with van der Waals surface area (Å²) in [4.78, 5) is 8.86. The lowest BCUT2D eigenvalue weighted by Crippen LogP contribution is -2.22. The van der Waals surface area contributed by atoms with E-state index in [1.54, 1.807) is 0 Å². The van der Waals surface area contributed by atoms with Crippen LogP contribution in [0.5, 0.6) is 0 Å². The zero-order valence-electron chi connectivity index (χ0n) is 13.9. The molecule has 1 aromatic carbocycles. The van der Waals surface area contributed by atoms with Gasteiger partial charge in [-0.15, -0.1) is 0 Å². The normalized spacial score (nSPS) is 19.2. The molecule has 0 aliphatic carbocycles. The van der Waals surface area contributed by atoms with E-state index in [9.17, 15) is 8.42 Å². The molecule has 7 heteroatoms. The van der Waals surface area contributed by atoms with Gasteiger partial charge in [0.05, 0.1) is 11.5 Å².